The van der Waals surface area contributed by atoms with Crippen LogP contribution in [0.25, 0.3) is 0 Å². The molecule has 1 saturated carbocycles. The van der Waals surface area contributed by atoms with Gasteiger partial charge in [-0.15, -0.1) is 0 Å². The van der Waals surface area contributed by atoms with E-state index in [9.17, 15) is 8.78 Å². The molecule has 106 valence electrons. The molecule has 1 fully saturated rings. The quantitative estimate of drug-likeness (QED) is 0.790. The summed E-state index contributed by atoms with van der Waals surface area (Å²) in [6.45, 7) is 4.27. The van der Waals surface area contributed by atoms with E-state index in [1.165, 1.54) is 31.4 Å². The van der Waals surface area contributed by atoms with E-state index in [0.717, 1.165) is 24.8 Å². The monoisotopic (exact) mass is 267 g/mol. The van der Waals surface area contributed by atoms with Gasteiger partial charge in [-0.2, -0.15) is 0 Å². The zero-order chi connectivity index (χ0) is 13.8. The second-order valence-electron chi connectivity index (χ2n) is 5.90. The minimum atomic E-state index is -0.502. The molecule has 0 amide bonds. The van der Waals surface area contributed by atoms with Crippen LogP contribution in [-0.2, 0) is 0 Å². The molecule has 0 spiro atoms. The molecule has 0 saturated heterocycles. The molecule has 0 bridgehead atoms. The van der Waals surface area contributed by atoms with E-state index in [-0.39, 0.29) is 6.04 Å². The maximum Gasteiger partial charge on any atom is 0.126 e. The van der Waals surface area contributed by atoms with E-state index in [0.29, 0.717) is 11.6 Å². The van der Waals surface area contributed by atoms with Crippen molar-refractivity contribution in [2.45, 2.75) is 58.0 Å². The Bertz CT molecular complexity index is 399. The van der Waals surface area contributed by atoms with Gasteiger partial charge in [-0.1, -0.05) is 19.8 Å². The molecule has 0 heterocycles. The molecule has 3 heteroatoms. The average molecular weight is 267 g/mol. The zero-order valence-corrected chi connectivity index (χ0v) is 11.8. The Morgan fingerprint density at radius 3 is 2.42 bits per heavy atom. The van der Waals surface area contributed by atoms with E-state index in [4.69, 9.17) is 0 Å². The van der Waals surface area contributed by atoms with Gasteiger partial charge >= 0.3 is 0 Å². The number of hydrogen-bond acceptors (Lipinski definition) is 1. The summed E-state index contributed by atoms with van der Waals surface area (Å²) in [6, 6.07) is 4.21. The molecule has 0 aliphatic heterocycles. The molecular formula is C16H23F2N. The van der Waals surface area contributed by atoms with Crippen molar-refractivity contribution in [3.63, 3.8) is 0 Å². The van der Waals surface area contributed by atoms with Crippen molar-refractivity contribution in [3.05, 3.63) is 35.4 Å². The molecule has 3 atom stereocenters. The topological polar surface area (TPSA) is 12.0 Å². The van der Waals surface area contributed by atoms with E-state index < -0.39 is 11.6 Å². The Balaban J connectivity index is 1.97. The van der Waals surface area contributed by atoms with Crippen molar-refractivity contribution in [2.75, 3.05) is 0 Å². The molecule has 0 aromatic heterocycles. The van der Waals surface area contributed by atoms with Gasteiger partial charge in [-0.25, -0.2) is 8.78 Å². The van der Waals surface area contributed by atoms with Gasteiger partial charge in [0.2, 0.25) is 0 Å². The maximum atomic E-state index is 13.2. The van der Waals surface area contributed by atoms with Gasteiger partial charge in [0.25, 0.3) is 0 Å². The molecular weight excluding hydrogens is 244 g/mol. The summed E-state index contributed by atoms with van der Waals surface area (Å²) in [5.41, 5.74) is 0.690. The lowest BCUT2D eigenvalue weighted by molar-refractivity contribution is 0.406. The fraction of sp³-hybridized carbons (Fsp3) is 0.625. The summed E-state index contributed by atoms with van der Waals surface area (Å²) >= 11 is 0. The summed E-state index contributed by atoms with van der Waals surface area (Å²) in [5.74, 6) is -0.204. The third-order valence-electron chi connectivity index (χ3n) is 4.13. The summed E-state index contributed by atoms with van der Waals surface area (Å²) in [5, 5.41) is 3.52. The number of rotatable bonds is 3. The van der Waals surface area contributed by atoms with Crippen molar-refractivity contribution < 1.29 is 8.78 Å². The minimum absolute atomic E-state index is 0.0105. The zero-order valence-electron chi connectivity index (χ0n) is 11.8. The third-order valence-corrected chi connectivity index (χ3v) is 4.13. The van der Waals surface area contributed by atoms with Gasteiger partial charge in [-0.05, 0) is 49.8 Å². The van der Waals surface area contributed by atoms with E-state index in [2.05, 4.69) is 12.2 Å². The van der Waals surface area contributed by atoms with Crippen LogP contribution >= 0.6 is 0 Å². The van der Waals surface area contributed by atoms with Crippen LogP contribution in [0.4, 0.5) is 8.78 Å². The van der Waals surface area contributed by atoms with Gasteiger partial charge in [0.1, 0.15) is 11.6 Å². The normalized spacial score (nSPS) is 25.9. The molecule has 3 unspecified atom stereocenters. The maximum absolute atomic E-state index is 13.2. The lowest BCUT2D eigenvalue weighted by Gasteiger charge is -2.22. The van der Waals surface area contributed by atoms with Gasteiger partial charge in [0.15, 0.2) is 0 Å². The molecule has 19 heavy (non-hydrogen) atoms. The lowest BCUT2D eigenvalue weighted by Crippen LogP contribution is -2.31. The third kappa shape index (κ3) is 4.27. The summed E-state index contributed by atoms with van der Waals surface area (Å²) in [4.78, 5) is 0. The van der Waals surface area contributed by atoms with Crippen molar-refractivity contribution in [1.82, 2.24) is 5.32 Å². The number of nitrogens with one attached hydrogen (secondary N) is 1. The number of hydrogen-bond donors (Lipinski definition) is 1. The number of benzene rings is 1. The molecule has 1 aromatic carbocycles. The standard InChI is InChI=1S/C16H23F2N/c1-11-4-3-5-16(7-6-11)19-12(2)13-8-14(17)10-15(18)9-13/h8-12,16,19H,3-7H2,1-2H3. The van der Waals surface area contributed by atoms with Crippen molar-refractivity contribution in [2.24, 2.45) is 5.92 Å². The van der Waals surface area contributed by atoms with Crippen LogP contribution < -0.4 is 5.32 Å². The first-order valence-electron chi connectivity index (χ1n) is 7.26. The Labute approximate surface area is 114 Å². The fourth-order valence-electron chi connectivity index (χ4n) is 2.93. The van der Waals surface area contributed by atoms with Crippen molar-refractivity contribution in [1.29, 1.82) is 0 Å². The second kappa shape index (κ2) is 6.47. The van der Waals surface area contributed by atoms with E-state index in [1.807, 2.05) is 6.92 Å². The van der Waals surface area contributed by atoms with Crippen LogP contribution in [0, 0.1) is 17.6 Å². The predicted octanol–water partition coefficient (Wildman–Crippen LogP) is 4.58. The molecule has 2 rings (SSSR count). The lowest BCUT2D eigenvalue weighted by atomic mass is 10.0. The molecule has 1 aliphatic carbocycles. The Kier molecular flexibility index (Phi) is 4.92. The fourth-order valence-corrected chi connectivity index (χ4v) is 2.93. The minimum Gasteiger partial charge on any atom is -0.307 e. The summed E-state index contributed by atoms with van der Waals surface area (Å²) < 4.78 is 26.4. The molecule has 1 aromatic rings. The highest BCUT2D eigenvalue weighted by Gasteiger charge is 2.18. The first-order chi connectivity index (χ1) is 9.04. The second-order valence-corrected chi connectivity index (χ2v) is 5.90. The largest absolute Gasteiger partial charge is 0.307 e. The van der Waals surface area contributed by atoms with Crippen LogP contribution in [0.3, 0.4) is 0 Å². The molecule has 1 N–H and O–H groups in total. The highest BCUT2D eigenvalue weighted by atomic mass is 19.1. The average Bonchev–Trinajstić information content (AvgIpc) is 2.53. The first kappa shape index (κ1) is 14.4. The van der Waals surface area contributed by atoms with E-state index >= 15 is 0 Å². The van der Waals surface area contributed by atoms with Gasteiger partial charge in [-0.3, -0.25) is 0 Å². The molecule has 1 aliphatic rings. The SMILES string of the molecule is CC1CCCC(NC(C)c2cc(F)cc(F)c2)CC1. The Morgan fingerprint density at radius 1 is 1.05 bits per heavy atom. The molecule has 1 nitrogen and oxygen atoms in total. The first-order valence-corrected chi connectivity index (χ1v) is 7.26. The smallest absolute Gasteiger partial charge is 0.126 e. The number of halogens is 2. The van der Waals surface area contributed by atoms with Crippen LogP contribution in [0.5, 0.6) is 0 Å². The van der Waals surface area contributed by atoms with Crippen molar-refractivity contribution in [3.8, 4) is 0 Å². The summed E-state index contributed by atoms with van der Waals surface area (Å²) in [7, 11) is 0. The van der Waals surface area contributed by atoms with Crippen LogP contribution in [0.1, 0.15) is 57.6 Å². The van der Waals surface area contributed by atoms with Gasteiger partial charge in [0.05, 0.1) is 0 Å². The van der Waals surface area contributed by atoms with Crippen LogP contribution in [-0.4, -0.2) is 6.04 Å². The highest BCUT2D eigenvalue weighted by molar-refractivity contribution is 5.21. The van der Waals surface area contributed by atoms with Gasteiger partial charge < -0.3 is 5.32 Å². The van der Waals surface area contributed by atoms with Crippen LogP contribution in [0.2, 0.25) is 0 Å². The van der Waals surface area contributed by atoms with Crippen LogP contribution in [0.15, 0.2) is 18.2 Å². The highest BCUT2D eigenvalue weighted by Crippen LogP contribution is 2.25. The van der Waals surface area contributed by atoms with Crippen molar-refractivity contribution >= 4 is 0 Å². The Morgan fingerprint density at radius 2 is 1.74 bits per heavy atom. The summed E-state index contributed by atoms with van der Waals surface area (Å²) in [6.07, 6.45) is 6.09. The van der Waals surface area contributed by atoms with Gasteiger partial charge in [0, 0.05) is 18.2 Å². The predicted molar refractivity (Wildman–Crippen MR) is 73.9 cm³/mol. The molecule has 0 radical (unpaired) electrons. The Hall–Kier alpha value is -0.960. The van der Waals surface area contributed by atoms with E-state index in [1.54, 1.807) is 0 Å².